The number of rotatable bonds is 3. The number of carbonyl (C=O) groups excluding carboxylic acids is 2. The van der Waals surface area contributed by atoms with Crippen molar-refractivity contribution in [2.24, 2.45) is 0 Å². The summed E-state index contributed by atoms with van der Waals surface area (Å²) in [5.74, 6) is 1.48. The van der Waals surface area contributed by atoms with Gasteiger partial charge >= 0.3 is 5.97 Å². The normalized spacial score (nSPS) is 25.9. The van der Waals surface area contributed by atoms with E-state index in [1.54, 1.807) is 6.92 Å². The van der Waals surface area contributed by atoms with Gasteiger partial charge in [-0.2, -0.15) is 0 Å². The lowest BCUT2D eigenvalue weighted by Gasteiger charge is -2.31. The highest BCUT2D eigenvalue weighted by molar-refractivity contribution is 5.70. The van der Waals surface area contributed by atoms with Crippen LogP contribution < -0.4 is 0 Å². The van der Waals surface area contributed by atoms with Gasteiger partial charge < -0.3 is 9.84 Å². The molecule has 0 bridgehead atoms. The van der Waals surface area contributed by atoms with Crippen molar-refractivity contribution in [3.05, 3.63) is 5.57 Å². The van der Waals surface area contributed by atoms with E-state index in [9.17, 15) is 14.7 Å². The van der Waals surface area contributed by atoms with Gasteiger partial charge in [-0.15, -0.1) is 0 Å². The van der Waals surface area contributed by atoms with Gasteiger partial charge in [0.05, 0.1) is 18.6 Å². The first kappa shape index (κ1) is 12.0. The van der Waals surface area contributed by atoms with Crippen LogP contribution in [0, 0.1) is 0 Å². The lowest BCUT2D eigenvalue weighted by molar-refractivity contribution is -0.149. The molecule has 0 amide bonds. The molecule has 0 heterocycles. The molecule has 1 rings (SSSR count). The molecule has 0 spiro atoms. The second-order valence-electron chi connectivity index (χ2n) is 3.91. The molecule has 0 atom stereocenters. The quantitative estimate of drug-likeness (QED) is 0.560. The van der Waals surface area contributed by atoms with Crippen molar-refractivity contribution < 1.29 is 19.4 Å². The third-order valence-electron chi connectivity index (χ3n) is 2.71. The molecular formula is C11H16O4. The van der Waals surface area contributed by atoms with E-state index in [0.717, 1.165) is 0 Å². The van der Waals surface area contributed by atoms with Crippen molar-refractivity contribution in [2.75, 3.05) is 6.61 Å². The number of hydrogen-bond donors (Lipinski definition) is 1. The average Bonchev–Trinajstić information content (AvgIpc) is 2.18. The molecule has 0 aromatic rings. The molecule has 1 fully saturated rings. The van der Waals surface area contributed by atoms with E-state index < -0.39 is 5.60 Å². The smallest absolute Gasteiger partial charge is 0.308 e. The van der Waals surface area contributed by atoms with E-state index in [-0.39, 0.29) is 12.4 Å². The maximum Gasteiger partial charge on any atom is 0.308 e. The zero-order valence-electron chi connectivity index (χ0n) is 8.91. The van der Waals surface area contributed by atoms with E-state index in [0.29, 0.717) is 37.9 Å². The number of esters is 1. The number of carbonyl (C=O) groups is 1. The van der Waals surface area contributed by atoms with E-state index in [2.05, 4.69) is 0 Å². The Bertz CT molecular complexity index is 279. The Morgan fingerprint density at radius 3 is 2.60 bits per heavy atom. The highest BCUT2D eigenvalue weighted by atomic mass is 16.5. The fourth-order valence-corrected chi connectivity index (χ4v) is 1.78. The molecule has 0 unspecified atom stereocenters. The first-order chi connectivity index (χ1) is 7.09. The molecule has 1 aliphatic rings. The molecule has 15 heavy (non-hydrogen) atoms. The molecule has 1 N–H and O–H groups in total. The predicted molar refractivity (Wildman–Crippen MR) is 53.9 cm³/mol. The zero-order valence-corrected chi connectivity index (χ0v) is 8.91. The summed E-state index contributed by atoms with van der Waals surface area (Å²) in [6.07, 6.45) is 1.96. The third-order valence-corrected chi connectivity index (χ3v) is 2.71. The highest BCUT2D eigenvalue weighted by Gasteiger charge is 2.34. The van der Waals surface area contributed by atoms with Crippen LogP contribution in [0.25, 0.3) is 0 Å². The molecule has 0 saturated heterocycles. The van der Waals surface area contributed by atoms with Crippen LogP contribution in [0.3, 0.4) is 0 Å². The van der Waals surface area contributed by atoms with Crippen LogP contribution in [-0.4, -0.2) is 29.2 Å². The second kappa shape index (κ2) is 5.10. The summed E-state index contributed by atoms with van der Waals surface area (Å²) in [4.78, 5) is 21.6. The van der Waals surface area contributed by atoms with Gasteiger partial charge in [0.2, 0.25) is 0 Å². The van der Waals surface area contributed by atoms with Crippen molar-refractivity contribution in [1.82, 2.24) is 0 Å². The molecule has 84 valence electrons. The summed E-state index contributed by atoms with van der Waals surface area (Å²) in [5, 5.41) is 10.0. The monoisotopic (exact) mass is 212 g/mol. The summed E-state index contributed by atoms with van der Waals surface area (Å²) in [6, 6.07) is 0. The SMILES string of the molecule is CCOC(=O)CC1(O)CCC(=C=O)CC1. The topological polar surface area (TPSA) is 63.6 Å². The minimum atomic E-state index is -0.993. The van der Waals surface area contributed by atoms with E-state index in [1.165, 1.54) is 0 Å². The van der Waals surface area contributed by atoms with E-state index in [1.807, 2.05) is 5.94 Å². The van der Waals surface area contributed by atoms with Gasteiger partial charge in [0.15, 0.2) is 0 Å². The number of aliphatic hydroxyl groups is 1. The number of hydrogen-bond acceptors (Lipinski definition) is 4. The molecular weight excluding hydrogens is 196 g/mol. The van der Waals surface area contributed by atoms with Gasteiger partial charge in [0.1, 0.15) is 5.94 Å². The van der Waals surface area contributed by atoms with Gasteiger partial charge in [-0.1, -0.05) is 0 Å². The maximum atomic E-state index is 11.2. The van der Waals surface area contributed by atoms with Crippen LogP contribution in [0.1, 0.15) is 39.0 Å². The van der Waals surface area contributed by atoms with Gasteiger partial charge in [0, 0.05) is 5.57 Å². The van der Waals surface area contributed by atoms with Crippen molar-refractivity contribution in [3.63, 3.8) is 0 Å². The van der Waals surface area contributed by atoms with Crippen LogP contribution in [-0.2, 0) is 14.3 Å². The lowest BCUT2D eigenvalue weighted by atomic mass is 9.80. The van der Waals surface area contributed by atoms with Crippen molar-refractivity contribution in [2.45, 2.75) is 44.6 Å². The Balaban J connectivity index is 2.48. The van der Waals surface area contributed by atoms with Crippen molar-refractivity contribution in [1.29, 1.82) is 0 Å². The Morgan fingerprint density at radius 1 is 1.53 bits per heavy atom. The first-order valence-corrected chi connectivity index (χ1v) is 5.20. The van der Waals surface area contributed by atoms with Crippen LogP contribution >= 0.6 is 0 Å². The van der Waals surface area contributed by atoms with Gasteiger partial charge in [0.25, 0.3) is 0 Å². The molecule has 1 aliphatic carbocycles. The predicted octanol–water partition coefficient (Wildman–Crippen LogP) is 1.00. The largest absolute Gasteiger partial charge is 0.466 e. The van der Waals surface area contributed by atoms with Crippen LogP contribution in [0.5, 0.6) is 0 Å². The van der Waals surface area contributed by atoms with Crippen LogP contribution in [0.4, 0.5) is 0 Å². The summed E-state index contributed by atoms with van der Waals surface area (Å²) >= 11 is 0. The first-order valence-electron chi connectivity index (χ1n) is 5.20. The molecule has 0 aromatic carbocycles. The molecule has 0 aromatic heterocycles. The maximum absolute atomic E-state index is 11.2. The standard InChI is InChI=1S/C11H16O4/c1-2-15-10(13)7-11(14)5-3-9(8-12)4-6-11/h14H,2-7H2,1H3. The van der Waals surface area contributed by atoms with E-state index in [4.69, 9.17) is 4.74 Å². The van der Waals surface area contributed by atoms with Crippen molar-refractivity contribution in [3.8, 4) is 0 Å². The van der Waals surface area contributed by atoms with Crippen LogP contribution in [0.2, 0.25) is 0 Å². The number of ether oxygens (including phenoxy) is 1. The second-order valence-corrected chi connectivity index (χ2v) is 3.91. The number of allylic oxidation sites excluding steroid dienone is 1. The summed E-state index contributed by atoms with van der Waals surface area (Å²) in [7, 11) is 0. The lowest BCUT2D eigenvalue weighted by Crippen LogP contribution is -2.35. The van der Waals surface area contributed by atoms with E-state index >= 15 is 0 Å². The van der Waals surface area contributed by atoms with Gasteiger partial charge in [-0.05, 0) is 32.6 Å². The fourth-order valence-electron chi connectivity index (χ4n) is 1.78. The minimum Gasteiger partial charge on any atom is -0.466 e. The van der Waals surface area contributed by atoms with Gasteiger partial charge in [-0.25, -0.2) is 4.79 Å². The molecule has 0 radical (unpaired) electrons. The summed E-state index contributed by atoms with van der Waals surface area (Å²) in [5.41, 5.74) is -0.296. The summed E-state index contributed by atoms with van der Waals surface area (Å²) in [6.45, 7) is 2.06. The fraction of sp³-hybridized carbons (Fsp3) is 0.727. The van der Waals surface area contributed by atoms with Crippen LogP contribution in [0.15, 0.2) is 5.57 Å². The summed E-state index contributed by atoms with van der Waals surface area (Å²) < 4.78 is 4.78. The van der Waals surface area contributed by atoms with Crippen molar-refractivity contribution >= 4 is 11.9 Å². The zero-order chi connectivity index (χ0) is 11.3. The third kappa shape index (κ3) is 3.50. The highest BCUT2D eigenvalue weighted by Crippen LogP contribution is 2.33. The Morgan fingerprint density at radius 2 is 2.13 bits per heavy atom. The van der Waals surface area contributed by atoms with Gasteiger partial charge in [-0.3, -0.25) is 4.79 Å². The average molecular weight is 212 g/mol. The minimum absolute atomic E-state index is 0.0208. The Kier molecular flexibility index (Phi) is 4.06. The molecule has 0 aliphatic heterocycles. The molecule has 4 heteroatoms. The Labute approximate surface area is 88.9 Å². The molecule has 1 saturated carbocycles. The Hall–Kier alpha value is -1.12. The molecule has 4 nitrogen and oxygen atoms in total.